The minimum Gasteiger partial charge on any atom is -0.481 e. The van der Waals surface area contributed by atoms with E-state index >= 15 is 0 Å². The molecule has 0 aromatic heterocycles. The Morgan fingerprint density at radius 1 is 1.15 bits per heavy atom. The second-order valence-electron chi connectivity index (χ2n) is 11.4. The number of carbonyl (C=O) groups is 2. The van der Waals surface area contributed by atoms with Crippen LogP contribution in [0.3, 0.4) is 0 Å². The molecule has 0 aliphatic heterocycles. The van der Waals surface area contributed by atoms with E-state index in [1.807, 2.05) is 24.3 Å². The van der Waals surface area contributed by atoms with Gasteiger partial charge < -0.3 is 15.3 Å². The number of carboxylic acids is 1. The molecule has 1 fully saturated rings. The zero-order valence-electron chi connectivity index (χ0n) is 23.8. The summed E-state index contributed by atoms with van der Waals surface area (Å²) in [6.45, 7) is 7.40. The van der Waals surface area contributed by atoms with Gasteiger partial charge in [-0.25, -0.2) is 4.99 Å². The van der Waals surface area contributed by atoms with Gasteiger partial charge >= 0.3 is 5.97 Å². The molecule has 0 saturated heterocycles. The van der Waals surface area contributed by atoms with Gasteiger partial charge in [0.2, 0.25) is 5.96 Å². The molecule has 218 valence electrons. The van der Waals surface area contributed by atoms with Crippen LogP contribution >= 0.6 is 23.8 Å². The van der Waals surface area contributed by atoms with Gasteiger partial charge in [0.15, 0.2) is 6.19 Å². The summed E-state index contributed by atoms with van der Waals surface area (Å²) in [4.78, 5) is 30.2. The zero-order valence-corrected chi connectivity index (χ0v) is 25.3. The van der Waals surface area contributed by atoms with Crippen molar-refractivity contribution >= 4 is 47.0 Å². The first-order valence-corrected chi connectivity index (χ1v) is 14.7. The van der Waals surface area contributed by atoms with Crippen LogP contribution in [0.15, 0.2) is 53.5 Å². The summed E-state index contributed by atoms with van der Waals surface area (Å²) in [5.41, 5.74) is 2.50. The van der Waals surface area contributed by atoms with Crippen molar-refractivity contribution in [1.82, 2.24) is 15.5 Å². The van der Waals surface area contributed by atoms with E-state index in [1.165, 1.54) is 0 Å². The van der Waals surface area contributed by atoms with Crippen LogP contribution in [0.1, 0.15) is 80.4 Å². The van der Waals surface area contributed by atoms with Crippen molar-refractivity contribution in [3.63, 3.8) is 0 Å². The molecule has 1 amide bonds. The Morgan fingerprint density at radius 3 is 2.32 bits per heavy atom. The number of nitrogens with one attached hydrogen (secondary N) is 2. The number of aliphatic carboxylic acids is 1. The van der Waals surface area contributed by atoms with Crippen molar-refractivity contribution in [3.05, 3.63) is 70.2 Å². The third kappa shape index (κ3) is 9.55. The molecule has 3 N–H and O–H groups in total. The normalized spacial score (nSPS) is 18.1. The Kier molecular flexibility index (Phi) is 11.7. The van der Waals surface area contributed by atoms with Crippen LogP contribution in [0.4, 0.5) is 0 Å². The third-order valence-corrected chi connectivity index (χ3v) is 8.11. The Hall–Kier alpha value is -3.48. The van der Waals surface area contributed by atoms with Crippen molar-refractivity contribution in [2.75, 3.05) is 6.54 Å². The number of amides is 1. The van der Waals surface area contributed by atoms with Gasteiger partial charge in [0.1, 0.15) is 6.04 Å². The van der Waals surface area contributed by atoms with Crippen LogP contribution in [-0.2, 0) is 11.3 Å². The summed E-state index contributed by atoms with van der Waals surface area (Å²) in [5.74, 6) is -0.224. The van der Waals surface area contributed by atoms with Crippen molar-refractivity contribution in [1.29, 1.82) is 5.26 Å². The summed E-state index contributed by atoms with van der Waals surface area (Å²) in [6, 6.07) is 14.2. The van der Waals surface area contributed by atoms with Gasteiger partial charge in [-0.2, -0.15) is 5.26 Å². The molecule has 8 nitrogen and oxygen atoms in total. The molecule has 0 spiro atoms. The molecule has 0 bridgehead atoms. The lowest BCUT2D eigenvalue weighted by Crippen LogP contribution is -2.47. The largest absolute Gasteiger partial charge is 0.481 e. The average molecular weight is 596 g/mol. The van der Waals surface area contributed by atoms with Crippen molar-refractivity contribution in [2.45, 2.75) is 71.5 Å². The quantitative estimate of drug-likeness (QED) is 0.0995. The van der Waals surface area contributed by atoms with E-state index < -0.39 is 12.0 Å². The Morgan fingerprint density at radius 2 is 1.78 bits per heavy atom. The van der Waals surface area contributed by atoms with Crippen LogP contribution < -0.4 is 10.6 Å². The van der Waals surface area contributed by atoms with Gasteiger partial charge in [0.25, 0.3) is 5.91 Å². The number of carboxylic acid groups (broad SMARTS) is 1. The number of aliphatic imine (C=N–C) groups is 1. The molecule has 0 heterocycles. The standard InChI is InChI=1S/C31H38ClN5O3S/c1-31(2,3)24-10-14-26(15-11-24)37(18-21-4-6-23(7-5-21)29(40)34-17-16-28(38)39)30(35-20-33)36-27(19-41)22-8-12-25(32)13-9-22/h4-9,12-13,19,24,26-27H,10-11,14-18H2,1-3H3,(H,34,40)(H,35,36)(H,38,39). The highest BCUT2D eigenvalue weighted by molar-refractivity contribution is 7.79. The molecular formula is C31H38ClN5O3S. The fourth-order valence-corrected chi connectivity index (χ4v) is 5.52. The minimum atomic E-state index is -0.965. The smallest absolute Gasteiger partial charge is 0.305 e. The monoisotopic (exact) mass is 595 g/mol. The maximum absolute atomic E-state index is 12.4. The SMILES string of the molecule is CC(C)(C)C1CCC(N(Cc2ccc(C(=O)NCCC(=O)O)cc2)C(=NC(C=S)c2ccc(Cl)cc2)NC#N)CC1. The van der Waals surface area contributed by atoms with E-state index in [2.05, 4.69) is 42.5 Å². The number of nitrogens with zero attached hydrogens (tertiary/aromatic N) is 3. The molecule has 1 aliphatic rings. The lowest BCUT2D eigenvalue weighted by atomic mass is 9.71. The van der Waals surface area contributed by atoms with Crippen LogP contribution in [0, 0.1) is 22.8 Å². The maximum atomic E-state index is 12.4. The molecule has 10 heteroatoms. The second kappa shape index (κ2) is 14.9. The predicted octanol–water partition coefficient (Wildman–Crippen LogP) is 6.12. The summed E-state index contributed by atoms with van der Waals surface area (Å²) in [7, 11) is 0. The fourth-order valence-electron chi connectivity index (χ4n) is 5.18. The molecule has 1 aliphatic carbocycles. The highest BCUT2D eigenvalue weighted by Gasteiger charge is 2.33. The van der Waals surface area contributed by atoms with Crippen molar-refractivity contribution < 1.29 is 14.7 Å². The van der Waals surface area contributed by atoms with Gasteiger partial charge in [-0.3, -0.25) is 14.9 Å². The summed E-state index contributed by atoms with van der Waals surface area (Å²) in [5, 5.41) is 26.1. The van der Waals surface area contributed by atoms with E-state index in [0.29, 0.717) is 29.0 Å². The first-order valence-electron chi connectivity index (χ1n) is 13.8. The number of halogens is 1. The molecule has 41 heavy (non-hydrogen) atoms. The van der Waals surface area contributed by atoms with Crippen molar-refractivity contribution in [3.8, 4) is 6.19 Å². The third-order valence-electron chi connectivity index (χ3n) is 7.60. The van der Waals surface area contributed by atoms with Crippen LogP contribution in [-0.4, -0.2) is 45.8 Å². The van der Waals surface area contributed by atoms with E-state index in [-0.39, 0.29) is 30.3 Å². The lowest BCUT2D eigenvalue weighted by Gasteiger charge is -2.42. The Bertz CT molecular complexity index is 1260. The van der Waals surface area contributed by atoms with Crippen LogP contribution in [0.2, 0.25) is 5.02 Å². The van der Waals surface area contributed by atoms with Gasteiger partial charge in [-0.05, 0) is 72.4 Å². The van der Waals surface area contributed by atoms with Crippen LogP contribution in [0.25, 0.3) is 0 Å². The number of hydrogen-bond donors (Lipinski definition) is 3. The molecule has 0 radical (unpaired) electrons. The number of rotatable bonds is 10. The number of benzene rings is 2. The topological polar surface area (TPSA) is 118 Å². The molecular weight excluding hydrogens is 558 g/mol. The van der Waals surface area contributed by atoms with Gasteiger partial charge in [0, 0.05) is 35.1 Å². The molecule has 1 saturated carbocycles. The number of guanidine groups is 1. The first-order chi connectivity index (χ1) is 19.5. The molecule has 2 aromatic carbocycles. The van der Waals surface area contributed by atoms with Crippen molar-refractivity contribution in [2.24, 2.45) is 16.3 Å². The summed E-state index contributed by atoms with van der Waals surface area (Å²) >= 11 is 11.4. The summed E-state index contributed by atoms with van der Waals surface area (Å²) < 4.78 is 0. The summed E-state index contributed by atoms with van der Waals surface area (Å²) in [6.07, 6.45) is 6.00. The average Bonchev–Trinajstić information content (AvgIpc) is 2.94. The molecule has 3 rings (SSSR count). The number of carbonyl (C=O) groups excluding carboxylic acids is 1. The van der Waals surface area contributed by atoms with Gasteiger partial charge in [0.05, 0.1) is 6.42 Å². The molecule has 1 atom stereocenters. The van der Waals surface area contributed by atoms with E-state index in [9.17, 15) is 14.9 Å². The number of thiocarbonyl (C=S) groups is 1. The van der Waals surface area contributed by atoms with Crippen LogP contribution in [0.5, 0.6) is 0 Å². The van der Waals surface area contributed by atoms with E-state index in [0.717, 1.165) is 36.8 Å². The molecule has 2 aromatic rings. The zero-order chi connectivity index (χ0) is 30.0. The highest BCUT2D eigenvalue weighted by atomic mass is 35.5. The minimum absolute atomic E-state index is 0.0647. The molecule has 1 unspecified atom stereocenters. The second-order valence-corrected chi connectivity index (χ2v) is 12.1. The van der Waals surface area contributed by atoms with E-state index in [1.54, 1.807) is 29.6 Å². The Balaban J connectivity index is 1.89. The lowest BCUT2D eigenvalue weighted by molar-refractivity contribution is -0.136. The van der Waals surface area contributed by atoms with E-state index in [4.69, 9.17) is 33.9 Å². The highest BCUT2D eigenvalue weighted by Crippen LogP contribution is 2.39. The first kappa shape index (κ1) is 32.0. The fraction of sp³-hybridized carbons (Fsp3) is 0.452. The van der Waals surface area contributed by atoms with Gasteiger partial charge in [-0.1, -0.05) is 68.9 Å². The number of nitriles is 1. The predicted molar refractivity (Wildman–Crippen MR) is 166 cm³/mol. The number of hydrogen-bond acceptors (Lipinski definition) is 5. The maximum Gasteiger partial charge on any atom is 0.305 e. The Labute approximate surface area is 252 Å². The van der Waals surface area contributed by atoms with Gasteiger partial charge in [-0.15, -0.1) is 0 Å².